The Morgan fingerprint density at radius 2 is 1.88 bits per heavy atom. The van der Waals surface area contributed by atoms with Crippen LogP contribution in [-0.2, 0) is 16.8 Å². The lowest BCUT2D eigenvalue weighted by Gasteiger charge is -2.32. The molecule has 0 spiro atoms. The van der Waals surface area contributed by atoms with Crippen molar-refractivity contribution in [1.82, 2.24) is 10.2 Å². The van der Waals surface area contributed by atoms with E-state index in [-0.39, 0.29) is 23.8 Å². The largest absolute Gasteiger partial charge is 0.482 e. The van der Waals surface area contributed by atoms with Crippen LogP contribution < -0.4 is 15.0 Å². The highest BCUT2D eigenvalue weighted by atomic mass is 16.5. The van der Waals surface area contributed by atoms with Gasteiger partial charge in [-0.2, -0.15) is 0 Å². The van der Waals surface area contributed by atoms with Crippen LogP contribution in [0, 0.1) is 0 Å². The molecule has 1 fully saturated rings. The normalized spacial score (nSPS) is 16.7. The number of piperidine rings is 1. The van der Waals surface area contributed by atoms with E-state index in [4.69, 9.17) is 4.74 Å². The minimum absolute atomic E-state index is 0.00734. The van der Waals surface area contributed by atoms with Crippen LogP contribution in [0.1, 0.15) is 67.9 Å². The summed E-state index contributed by atoms with van der Waals surface area (Å²) in [5, 5.41) is 3.05. The zero-order valence-electron chi connectivity index (χ0n) is 20.7. The SMILES string of the molecule is CCC(C)(C)c1ccc2c(c1)N(Cc1cccc(C(=O)NCCN3CCCCC3)c1)C(=O)CO2. The summed E-state index contributed by atoms with van der Waals surface area (Å²) in [6.07, 6.45) is 4.80. The van der Waals surface area contributed by atoms with Crippen LogP contribution in [-0.4, -0.2) is 49.5 Å². The maximum absolute atomic E-state index is 12.8. The predicted octanol–water partition coefficient (Wildman–Crippen LogP) is 4.52. The lowest BCUT2D eigenvalue weighted by atomic mass is 9.82. The van der Waals surface area contributed by atoms with Crippen molar-refractivity contribution in [2.45, 2.75) is 58.4 Å². The summed E-state index contributed by atoms with van der Waals surface area (Å²) in [6, 6.07) is 13.7. The second kappa shape index (κ2) is 10.6. The zero-order valence-corrected chi connectivity index (χ0v) is 20.7. The number of ether oxygens (including phenoxy) is 1. The van der Waals surface area contributed by atoms with Crippen LogP contribution in [0.15, 0.2) is 42.5 Å². The molecule has 0 aliphatic carbocycles. The summed E-state index contributed by atoms with van der Waals surface area (Å²) < 4.78 is 5.70. The van der Waals surface area contributed by atoms with Crippen LogP contribution in [0.5, 0.6) is 5.75 Å². The number of nitrogens with zero attached hydrogens (tertiary/aromatic N) is 2. The second-order valence-corrected chi connectivity index (χ2v) is 10.0. The van der Waals surface area contributed by atoms with E-state index in [2.05, 4.69) is 43.1 Å². The van der Waals surface area contributed by atoms with Gasteiger partial charge in [0.25, 0.3) is 11.8 Å². The van der Waals surface area contributed by atoms with Gasteiger partial charge in [-0.15, -0.1) is 0 Å². The molecule has 2 aromatic rings. The quantitative estimate of drug-likeness (QED) is 0.626. The van der Waals surface area contributed by atoms with Crippen LogP contribution in [0.2, 0.25) is 0 Å². The minimum Gasteiger partial charge on any atom is -0.482 e. The average Bonchev–Trinajstić information content (AvgIpc) is 2.86. The van der Waals surface area contributed by atoms with Crippen LogP contribution in [0.3, 0.4) is 0 Å². The summed E-state index contributed by atoms with van der Waals surface area (Å²) in [5.41, 5.74) is 3.53. The highest BCUT2D eigenvalue weighted by Gasteiger charge is 2.28. The molecule has 0 radical (unpaired) electrons. The molecule has 2 aliphatic rings. The van der Waals surface area contributed by atoms with Crippen LogP contribution in [0.25, 0.3) is 0 Å². The predicted molar refractivity (Wildman–Crippen MR) is 136 cm³/mol. The Bertz CT molecular complexity index is 1030. The Balaban J connectivity index is 1.46. The van der Waals surface area contributed by atoms with Crippen molar-refractivity contribution in [2.75, 3.05) is 37.7 Å². The molecule has 1 N–H and O–H groups in total. The first kappa shape index (κ1) is 24.3. The Hall–Kier alpha value is -2.86. The molecule has 6 heteroatoms. The van der Waals surface area contributed by atoms with Gasteiger partial charge in [-0.1, -0.05) is 45.4 Å². The lowest BCUT2D eigenvalue weighted by molar-refractivity contribution is -0.121. The first-order valence-electron chi connectivity index (χ1n) is 12.5. The van der Waals surface area contributed by atoms with E-state index in [1.807, 2.05) is 30.3 Å². The van der Waals surface area contributed by atoms with Gasteiger partial charge < -0.3 is 19.9 Å². The number of benzene rings is 2. The summed E-state index contributed by atoms with van der Waals surface area (Å²) in [4.78, 5) is 29.8. The fourth-order valence-electron chi connectivity index (χ4n) is 4.61. The fourth-order valence-corrected chi connectivity index (χ4v) is 4.61. The molecule has 2 aromatic carbocycles. The molecule has 2 amide bonds. The van der Waals surface area contributed by atoms with E-state index in [1.54, 1.807) is 4.90 Å². The molecule has 1 saturated heterocycles. The molecule has 0 atom stereocenters. The van der Waals surface area contributed by atoms with Crippen molar-refractivity contribution in [3.8, 4) is 5.75 Å². The second-order valence-electron chi connectivity index (χ2n) is 10.0. The van der Waals surface area contributed by atoms with E-state index < -0.39 is 0 Å². The molecule has 4 rings (SSSR count). The van der Waals surface area contributed by atoms with Gasteiger partial charge in [0.1, 0.15) is 5.75 Å². The molecular weight excluding hydrogens is 426 g/mol. The van der Waals surface area contributed by atoms with Crippen molar-refractivity contribution in [3.63, 3.8) is 0 Å². The molecule has 0 bridgehead atoms. The molecular formula is C28H37N3O3. The van der Waals surface area contributed by atoms with E-state index in [9.17, 15) is 9.59 Å². The third kappa shape index (κ3) is 5.61. The minimum atomic E-state index is -0.0738. The number of carbonyl (C=O) groups is 2. The van der Waals surface area contributed by atoms with Crippen LogP contribution in [0.4, 0.5) is 5.69 Å². The van der Waals surface area contributed by atoms with Crippen molar-refractivity contribution >= 4 is 17.5 Å². The fraction of sp³-hybridized carbons (Fsp3) is 0.500. The van der Waals surface area contributed by atoms with Gasteiger partial charge in [0, 0.05) is 18.7 Å². The number of amides is 2. The van der Waals surface area contributed by atoms with Crippen molar-refractivity contribution in [2.24, 2.45) is 0 Å². The number of anilines is 1. The lowest BCUT2D eigenvalue weighted by Crippen LogP contribution is -2.38. The van der Waals surface area contributed by atoms with E-state index >= 15 is 0 Å². The van der Waals surface area contributed by atoms with Crippen molar-refractivity contribution in [3.05, 3.63) is 59.2 Å². The molecule has 0 saturated carbocycles. The van der Waals surface area contributed by atoms with E-state index in [0.29, 0.717) is 18.7 Å². The van der Waals surface area contributed by atoms with Crippen molar-refractivity contribution < 1.29 is 14.3 Å². The Kier molecular flexibility index (Phi) is 7.57. The van der Waals surface area contributed by atoms with Gasteiger partial charge in [-0.3, -0.25) is 9.59 Å². The Labute approximate surface area is 203 Å². The Morgan fingerprint density at radius 3 is 2.65 bits per heavy atom. The van der Waals surface area contributed by atoms with Gasteiger partial charge in [0.05, 0.1) is 12.2 Å². The number of hydrogen-bond acceptors (Lipinski definition) is 4. The molecule has 2 aliphatic heterocycles. The third-order valence-electron chi connectivity index (χ3n) is 7.26. The van der Waals surface area contributed by atoms with Gasteiger partial charge in [-0.05, 0) is 73.2 Å². The van der Waals surface area contributed by atoms with E-state index in [0.717, 1.165) is 43.1 Å². The highest BCUT2D eigenvalue weighted by Crippen LogP contribution is 2.38. The molecule has 0 unspecified atom stereocenters. The first-order valence-corrected chi connectivity index (χ1v) is 12.5. The summed E-state index contributed by atoms with van der Waals surface area (Å²) >= 11 is 0. The molecule has 182 valence electrons. The molecule has 0 aromatic heterocycles. The monoisotopic (exact) mass is 463 g/mol. The van der Waals surface area contributed by atoms with Gasteiger partial charge in [-0.25, -0.2) is 0 Å². The van der Waals surface area contributed by atoms with Gasteiger partial charge in [0.2, 0.25) is 0 Å². The van der Waals surface area contributed by atoms with Gasteiger partial charge in [0.15, 0.2) is 6.61 Å². The van der Waals surface area contributed by atoms with Gasteiger partial charge >= 0.3 is 0 Å². The third-order valence-corrected chi connectivity index (χ3v) is 7.26. The smallest absolute Gasteiger partial charge is 0.265 e. The topological polar surface area (TPSA) is 61.9 Å². The average molecular weight is 464 g/mol. The maximum Gasteiger partial charge on any atom is 0.265 e. The summed E-state index contributed by atoms with van der Waals surface area (Å²) in [7, 11) is 0. The molecule has 6 nitrogen and oxygen atoms in total. The zero-order chi connectivity index (χ0) is 24.1. The number of carbonyl (C=O) groups excluding carboxylic acids is 2. The summed E-state index contributed by atoms with van der Waals surface area (Å²) in [5.74, 6) is 0.580. The summed E-state index contributed by atoms with van der Waals surface area (Å²) in [6.45, 7) is 10.8. The van der Waals surface area contributed by atoms with E-state index in [1.165, 1.54) is 24.8 Å². The number of nitrogens with one attached hydrogen (secondary N) is 1. The standard InChI is InChI=1S/C28H37N3O3/c1-4-28(2,3)23-11-12-25-24(18-23)31(26(32)20-34-25)19-21-9-8-10-22(17-21)27(33)29-13-16-30-14-6-5-7-15-30/h8-12,17-18H,4-7,13-16,19-20H2,1-3H3,(H,29,33). The number of rotatable bonds is 8. The Morgan fingerprint density at radius 1 is 1.09 bits per heavy atom. The first-order chi connectivity index (χ1) is 16.4. The van der Waals surface area contributed by atoms with Crippen LogP contribution >= 0.6 is 0 Å². The highest BCUT2D eigenvalue weighted by molar-refractivity contribution is 5.98. The van der Waals surface area contributed by atoms with Crippen molar-refractivity contribution in [1.29, 1.82) is 0 Å². The number of likely N-dealkylation sites (tertiary alicyclic amines) is 1. The number of hydrogen-bond donors (Lipinski definition) is 1. The molecule has 34 heavy (non-hydrogen) atoms. The maximum atomic E-state index is 12.8. The number of fused-ring (bicyclic) bond motifs is 1. The molecule has 2 heterocycles.